The molecule has 0 aromatic heterocycles. The molecule has 2 bridgehead atoms. The molecule has 5 atom stereocenters. The summed E-state index contributed by atoms with van der Waals surface area (Å²) < 4.78 is 13.1. The predicted octanol–water partition coefficient (Wildman–Crippen LogP) is 2.99. The monoisotopic (exact) mass is 370 g/mol. The van der Waals surface area contributed by atoms with E-state index >= 15 is 0 Å². The van der Waals surface area contributed by atoms with Gasteiger partial charge in [0.15, 0.2) is 0 Å². The Morgan fingerprint density at radius 3 is 2.19 bits per heavy atom. The zero-order chi connectivity index (χ0) is 19.3. The van der Waals surface area contributed by atoms with E-state index in [2.05, 4.69) is 5.32 Å². The molecule has 1 saturated heterocycles. The Balaban J connectivity index is 1.58. The van der Waals surface area contributed by atoms with Crippen molar-refractivity contribution in [2.75, 3.05) is 5.32 Å². The number of nitrogens with one attached hydrogen (secondary N) is 1. The summed E-state index contributed by atoms with van der Waals surface area (Å²) in [6.45, 7) is 3.91. The molecule has 1 aromatic rings. The lowest BCUT2D eigenvalue weighted by atomic mass is 9.85. The van der Waals surface area contributed by atoms with E-state index in [-0.39, 0.29) is 41.4 Å². The van der Waals surface area contributed by atoms with Crippen LogP contribution >= 0.6 is 0 Å². The van der Waals surface area contributed by atoms with Crippen LogP contribution in [0.2, 0.25) is 0 Å². The first-order valence-corrected chi connectivity index (χ1v) is 9.48. The second kappa shape index (κ2) is 6.59. The number of rotatable bonds is 5. The average Bonchev–Trinajstić information content (AvgIpc) is 3.29. The van der Waals surface area contributed by atoms with Crippen molar-refractivity contribution in [3.8, 4) is 0 Å². The highest BCUT2D eigenvalue weighted by Crippen LogP contribution is 2.53. The van der Waals surface area contributed by atoms with Gasteiger partial charge in [-0.2, -0.15) is 0 Å². The van der Waals surface area contributed by atoms with E-state index in [0.29, 0.717) is 12.1 Å². The Morgan fingerprint density at radius 1 is 1.11 bits per heavy atom. The molecule has 0 spiro atoms. The van der Waals surface area contributed by atoms with Gasteiger partial charge in [-0.1, -0.05) is 26.0 Å². The van der Waals surface area contributed by atoms with Gasteiger partial charge in [0.25, 0.3) is 0 Å². The molecule has 6 heteroatoms. The van der Waals surface area contributed by atoms with Gasteiger partial charge in [0.05, 0.1) is 11.8 Å². The summed E-state index contributed by atoms with van der Waals surface area (Å²) in [5.74, 6) is -1.53. The van der Waals surface area contributed by atoms with E-state index in [1.54, 1.807) is 0 Å². The number of nitrogens with zero attached hydrogens (tertiary/aromatic N) is 1. The summed E-state index contributed by atoms with van der Waals surface area (Å²) in [6, 6.07) is 4.60. The molecule has 1 N–H and O–H groups in total. The number of carbonyl (C=O) groups excluding carboxylic acids is 3. The summed E-state index contributed by atoms with van der Waals surface area (Å²) in [5, 5.41) is 2.73. The third-order valence-electron chi connectivity index (χ3n) is 5.93. The van der Waals surface area contributed by atoms with E-state index in [1.807, 2.05) is 26.0 Å². The summed E-state index contributed by atoms with van der Waals surface area (Å²) in [5.41, 5.74) is 0.441. The Hall–Kier alpha value is -2.50. The number of halogens is 1. The molecule has 3 amide bonds. The number of amides is 3. The topological polar surface area (TPSA) is 66.5 Å². The third kappa shape index (κ3) is 2.97. The summed E-state index contributed by atoms with van der Waals surface area (Å²) >= 11 is 0. The minimum atomic E-state index is -0.847. The number of likely N-dealkylation sites (tertiary alicyclic amines) is 1. The van der Waals surface area contributed by atoms with Crippen molar-refractivity contribution < 1.29 is 18.8 Å². The zero-order valence-corrected chi connectivity index (χ0v) is 15.4. The maximum atomic E-state index is 13.1. The van der Waals surface area contributed by atoms with Gasteiger partial charge in [-0.05, 0) is 54.9 Å². The van der Waals surface area contributed by atoms with Crippen molar-refractivity contribution in [1.82, 2.24) is 4.90 Å². The number of fused-ring (bicyclic) bond motifs is 5. The highest BCUT2D eigenvalue weighted by Gasteiger charge is 2.61. The smallest absolute Gasteiger partial charge is 0.247 e. The first-order chi connectivity index (χ1) is 12.9. The van der Waals surface area contributed by atoms with Crippen LogP contribution in [0.5, 0.6) is 0 Å². The molecule has 27 heavy (non-hydrogen) atoms. The largest absolute Gasteiger partial charge is 0.324 e. The molecule has 4 rings (SSSR count). The molecular formula is C21H23FN2O3. The summed E-state index contributed by atoms with van der Waals surface area (Å²) in [7, 11) is 0. The van der Waals surface area contributed by atoms with Gasteiger partial charge in [-0.15, -0.1) is 0 Å². The van der Waals surface area contributed by atoms with Crippen molar-refractivity contribution in [3.63, 3.8) is 0 Å². The SMILES string of the molecule is CC(C)CC(C(=O)Nc1ccc(F)cc1)N1C(=O)C2C3C=CC(C3)C2C1=O. The van der Waals surface area contributed by atoms with Crippen LogP contribution < -0.4 is 5.32 Å². The number of imide groups is 1. The van der Waals surface area contributed by atoms with Gasteiger partial charge in [-0.25, -0.2) is 4.39 Å². The van der Waals surface area contributed by atoms with Gasteiger partial charge in [-0.3, -0.25) is 19.3 Å². The van der Waals surface area contributed by atoms with E-state index in [1.165, 1.54) is 29.2 Å². The highest BCUT2D eigenvalue weighted by atomic mass is 19.1. The number of allylic oxidation sites excluding steroid dienone is 2. The van der Waals surface area contributed by atoms with Crippen LogP contribution in [-0.4, -0.2) is 28.7 Å². The van der Waals surface area contributed by atoms with Crippen LogP contribution in [0, 0.1) is 35.4 Å². The van der Waals surface area contributed by atoms with Crippen LogP contribution in [0.1, 0.15) is 26.7 Å². The van der Waals surface area contributed by atoms with E-state index in [9.17, 15) is 18.8 Å². The Morgan fingerprint density at radius 2 is 1.67 bits per heavy atom. The van der Waals surface area contributed by atoms with Crippen molar-refractivity contribution in [2.24, 2.45) is 29.6 Å². The average molecular weight is 370 g/mol. The van der Waals surface area contributed by atoms with Crippen molar-refractivity contribution >= 4 is 23.4 Å². The Bertz CT molecular complexity index is 787. The van der Waals surface area contributed by atoms with E-state index in [0.717, 1.165) is 6.42 Å². The lowest BCUT2D eigenvalue weighted by molar-refractivity contribution is -0.147. The number of benzene rings is 1. The first-order valence-electron chi connectivity index (χ1n) is 9.48. The Kier molecular flexibility index (Phi) is 4.36. The minimum Gasteiger partial charge on any atom is -0.324 e. The minimum absolute atomic E-state index is 0.112. The number of anilines is 1. The van der Waals surface area contributed by atoms with Gasteiger partial charge in [0, 0.05) is 5.69 Å². The van der Waals surface area contributed by atoms with Crippen LogP contribution in [0.4, 0.5) is 10.1 Å². The normalized spacial score (nSPS) is 29.6. The van der Waals surface area contributed by atoms with E-state index in [4.69, 9.17) is 0 Å². The maximum Gasteiger partial charge on any atom is 0.247 e. The fraction of sp³-hybridized carbons (Fsp3) is 0.476. The van der Waals surface area contributed by atoms with Crippen LogP contribution in [0.15, 0.2) is 36.4 Å². The molecule has 1 aromatic carbocycles. The summed E-state index contributed by atoms with van der Waals surface area (Å²) in [6.07, 6.45) is 5.33. The van der Waals surface area contributed by atoms with Gasteiger partial charge >= 0.3 is 0 Å². The molecule has 5 nitrogen and oxygen atoms in total. The predicted molar refractivity (Wildman–Crippen MR) is 97.8 cm³/mol. The molecule has 5 unspecified atom stereocenters. The molecule has 2 aliphatic carbocycles. The van der Waals surface area contributed by atoms with Crippen LogP contribution in [-0.2, 0) is 14.4 Å². The van der Waals surface area contributed by atoms with Gasteiger partial charge < -0.3 is 5.32 Å². The molecular weight excluding hydrogens is 347 g/mol. The Labute approximate surface area is 157 Å². The number of carbonyl (C=O) groups is 3. The molecule has 1 saturated carbocycles. The van der Waals surface area contributed by atoms with Crippen LogP contribution in [0.3, 0.4) is 0 Å². The van der Waals surface area contributed by atoms with E-state index < -0.39 is 17.8 Å². The van der Waals surface area contributed by atoms with Crippen molar-refractivity contribution in [3.05, 3.63) is 42.2 Å². The molecule has 2 fully saturated rings. The lowest BCUT2D eigenvalue weighted by Crippen LogP contribution is -2.49. The molecule has 0 radical (unpaired) electrons. The number of hydrogen-bond acceptors (Lipinski definition) is 3. The zero-order valence-electron chi connectivity index (χ0n) is 15.4. The second-order valence-corrected chi connectivity index (χ2v) is 8.19. The molecule has 1 heterocycles. The second-order valence-electron chi connectivity index (χ2n) is 8.19. The fourth-order valence-corrected chi connectivity index (χ4v) is 4.77. The quantitative estimate of drug-likeness (QED) is 0.640. The first kappa shape index (κ1) is 17.9. The highest BCUT2D eigenvalue weighted by molar-refractivity contribution is 6.10. The molecule has 142 valence electrons. The van der Waals surface area contributed by atoms with Gasteiger partial charge in [0.2, 0.25) is 17.7 Å². The molecule has 3 aliphatic rings. The maximum absolute atomic E-state index is 13.1. The standard InChI is InChI=1S/C21H23FN2O3/c1-11(2)9-16(19(25)23-15-7-5-14(22)6-8-15)24-20(26)17-12-3-4-13(10-12)18(17)21(24)27/h3-8,11-13,16-18H,9-10H2,1-2H3,(H,23,25). The number of hydrogen-bond donors (Lipinski definition) is 1. The van der Waals surface area contributed by atoms with Crippen molar-refractivity contribution in [2.45, 2.75) is 32.7 Å². The lowest BCUT2D eigenvalue weighted by Gasteiger charge is -2.28. The fourth-order valence-electron chi connectivity index (χ4n) is 4.77. The summed E-state index contributed by atoms with van der Waals surface area (Å²) in [4.78, 5) is 40.3. The van der Waals surface area contributed by atoms with Crippen LogP contribution in [0.25, 0.3) is 0 Å². The van der Waals surface area contributed by atoms with Gasteiger partial charge in [0.1, 0.15) is 11.9 Å². The molecule has 1 aliphatic heterocycles. The third-order valence-corrected chi connectivity index (χ3v) is 5.93. The van der Waals surface area contributed by atoms with Crippen molar-refractivity contribution in [1.29, 1.82) is 0 Å².